The first-order chi connectivity index (χ1) is 6.15. The predicted octanol–water partition coefficient (Wildman–Crippen LogP) is 2.27. The van der Waals surface area contributed by atoms with Crippen molar-refractivity contribution in [3.05, 3.63) is 35.4 Å². The normalized spacial score (nSPS) is 12.2. The van der Waals surface area contributed by atoms with E-state index in [-0.39, 0.29) is 11.9 Å². The van der Waals surface area contributed by atoms with E-state index >= 15 is 0 Å². The van der Waals surface area contributed by atoms with Gasteiger partial charge in [-0.05, 0) is 19.4 Å². The van der Waals surface area contributed by atoms with Gasteiger partial charge in [0.25, 0.3) is 0 Å². The number of methoxy groups -OCH3 is 1. The Morgan fingerprint density at radius 1 is 1.31 bits per heavy atom. The molecule has 0 saturated heterocycles. The van der Waals surface area contributed by atoms with Gasteiger partial charge in [0, 0.05) is 0 Å². The highest BCUT2D eigenvalue weighted by molar-refractivity contribution is 5.77. The second-order valence-corrected chi connectivity index (χ2v) is 3.16. The highest BCUT2D eigenvalue weighted by Crippen LogP contribution is 2.16. The lowest BCUT2D eigenvalue weighted by Crippen LogP contribution is -2.10. The summed E-state index contributed by atoms with van der Waals surface area (Å²) in [5, 5.41) is 0. The first-order valence-electron chi connectivity index (χ1n) is 4.29. The topological polar surface area (TPSA) is 26.3 Å². The predicted molar refractivity (Wildman–Crippen MR) is 51.6 cm³/mol. The van der Waals surface area contributed by atoms with Crippen LogP contribution in [-0.4, -0.2) is 13.1 Å². The summed E-state index contributed by atoms with van der Waals surface area (Å²) >= 11 is 0. The molecular formula is C11H14O2. The minimum absolute atomic E-state index is 0.175. The molecule has 0 aromatic heterocycles. The molecule has 1 atom stereocenters. The molecule has 0 aliphatic rings. The van der Waals surface area contributed by atoms with Crippen LogP contribution in [0.15, 0.2) is 24.3 Å². The molecule has 0 saturated carbocycles. The Kier molecular flexibility index (Phi) is 3.07. The Hall–Kier alpha value is -1.31. The fraction of sp³-hybridized carbons (Fsp3) is 0.364. The van der Waals surface area contributed by atoms with Crippen LogP contribution >= 0.6 is 0 Å². The molecule has 13 heavy (non-hydrogen) atoms. The first kappa shape index (κ1) is 9.78. The zero-order chi connectivity index (χ0) is 9.84. The van der Waals surface area contributed by atoms with Crippen molar-refractivity contribution >= 4 is 5.97 Å². The summed E-state index contributed by atoms with van der Waals surface area (Å²) < 4.78 is 4.66. The van der Waals surface area contributed by atoms with Gasteiger partial charge >= 0.3 is 5.97 Å². The number of ether oxygens (including phenoxy) is 1. The molecule has 1 aromatic carbocycles. The average molecular weight is 178 g/mol. The van der Waals surface area contributed by atoms with Gasteiger partial charge in [-0.25, -0.2) is 0 Å². The number of aryl methyl sites for hydroxylation is 1. The van der Waals surface area contributed by atoms with E-state index in [1.54, 1.807) is 0 Å². The highest BCUT2D eigenvalue weighted by atomic mass is 16.5. The molecular weight excluding hydrogens is 164 g/mol. The second kappa shape index (κ2) is 4.08. The van der Waals surface area contributed by atoms with Crippen LogP contribution in [0.3, 0.4) is 0 Å². The van der Waals surface area contributed by atoms with Gasteiger partial charge in [0.1, 0.15) is 0 Å². The summed E-state index contributed by atoms with van der Waals surface area (Å²) in [5.41, 5.74) is 2.19. The van der Waals surface area contributed by atoms with Crippen LogP contribution in [0.25, 0.3) is 0 Å². The summed E-state index contributed by atoms with van der Waals surface area (Å²) in [4.78, 5) is 11.2. The molecule has 70 valence electrons. The molecule has 0 spiro atoms. The molecule has 2 heteroatoms. The maximum absolute atomic E-state index is 11.2. The summed E-state index contributed by atoms with van der Waals surface area (Å²) in [6.45, 7) is 3.86. The monoisotopic (exact) mass is 178 g/mol. The Morgan fingerprint density at radius 2 is 1.85 bits per heavy atom. The summed E-state index contributed by atoms with van der Waals surface area (Å²) in [5.74, 6) is -0.366. The third kappa shape index (κ3) is 2.31. The lowest BCUT2D eigenvalue weighted by Gasteiger charge is -2.08. The van der Waals surface area contributed by atoms with Gasteiger partial charge in [-0.1, -0.05) is 29.8 Å². The SMILES string of the molecule is COC(=O)C(C)c1ccc(C)cc1. The molecule has 0 aliphatic heterocycles. The van der Waals surface area contributed by atoms with Gasteiger partial charge in [0.05, 0.1) is 13.0 Å². The summed E-state index contributed by atoms with van der Waals surface area (Å²) in [6, 6.07) is 7.90. The molecule has 1 aromatic rings. The average Bonchev–Trinajstić information content (AvgIpc) is 2.17. The molecule has 0 radical (unpaired) electrons. The third-order valence-corrected chi connectivity index (χ3v) is 2.13. The van der Waals surface area contributed by atoms with Gasteiger partial charge in [0.15, 0.2) is 0 Å². The molecule has 0 fully saturated rings. The fourth-order valence-corrected chi connectivity index (χ4v) is 1.17. The number of benzene rings is 1. The van der Waals surface area contributed by atoms with Crippen molar-refractivity contribution in [3.8, 4) is 0 Å². The minimum Gasteiger partial charge on any atom is -0.469 e. The molecule has 0 aliphatic carbocycles. The number of carbonyl (C=O) groups is 1. The van der Waals surface area contributed by atoms with Crippen LogP contribution in [0.1, 0.15) is 24.0 Å². The van der Waals surface area contributed by atoms with Crippen molar-refractivity contribution < 1.29 is 9.53 Å². The van der Waals surface area contributed by atoms with Crippen LogP contribution in [0, 0.1) is 6.92 Å². The quantitative estimate of drug-likeness (QED) is 0.649. The van der Waals surface area contributed by atoms with Crippen LogP contribution in [0.5, 0.6) is 0 Å². The van der Waals surface area contributed by atoms with E-state index in [4.69, 9.17) is 0 Å². The van der Waals surface area contributed by atoms with Gasteiger partial charge in [0.2, 0.25) is 0 Å². The molecule has 0 amide bonds. The summed E-state index contributed by atoms with van der Waals surface area (Å²) in [7, 11) is 1.41. The Morgan fingerprint density at radius 3 is 2.31 bits per heavy atom. The Balaban J connectivity index is 2.83. The largest absolute Gasteiger partial charge is 0.469 e. The first-order valence-corrected chi connectivity index (χ1v) is 4.29. The number of hydrogen-bond donors (Lipinski definition) is 0. The zero-order valence-corrected chi connectivity index (χ0v) is 8.20. The molecule has 2 nitrogen and oxygen atoms in total. The summed E-state index contributed by atoms with van der Waals surface area (Å²) in [6.07, 6.45) is 0. The maximum Gasteiger partial charge on any atom is 0.312 e. The van der Waals surface area contributed by atoms with Crippen molar-refractivity contribution in [2.24, 2.45) is 0 Å². The van der Waals surface area contributed by atoms with E-state index in [1.165, 1.54) is 12.7 Å². The maximum atomic E-state index is 11.2. The third-order valence-electron chi connectivity index (χ3n) is 2.13. The number of hydrogen-bond acceptors (Lipinski definition) is 2. The number of esters is 1. The van der Waals surface area contributed by atoms with Crippen molar-refractivity contribution in [2.75, 3.05) is 7.11 Å². The Bertz CT molecular complexity index is 287. The van der Waals surface area contributed by atoms with E-state index in [1.807, 2.05) is 38.1 Å². The smallest absolute Gasteiger partial charge is 0.312 e. The van der Waals surface area contributed by atoms with Crippen LogP contribution < -0.4 is 0 Å². The van der Waals surface area contributed by atoms with Crippen molar-refractivity contribution in [1.82, 2.24) is 0 Å². The van der Waals surface area contributed by atoms with E-state index < -0.39 is 0 Å². The van der Waals surface area contributed by atoms with Gasteiger partial charge in [-0.15, -0.1) is 0 Å². The lowest BCUT2D eigenvalue weighted by atomic mass is 10.0. The van der Waals surface area contributed by atoms with E-state index in [2.05, 4.69) is 4.74 Å². The molecule has 0 bridgehead atoms. The zero-order valence-electron chi connectivity index (χ0n) is 8.20. The number of carbonyl (C=O) groups excluding carboxylic acids is 1. The lowest BCUT2D eigenvalue weighted by molar-refractivity contribution is -0.141. The molecule has 0 heterocycles. The highest BCUT2D eigenvalue weighted by Gasteiger charge is 2.14. The van der Waals surface area contributed by atoms with Crippen LogP contribution in [0.4, 0.5) is 0 Å². The molecule has 1 rings (SSSR count). The van der Waals surface area contributed by atoms with Crippen LogP contribution in [0.2, 0.25) is 0 Å². The molecule has 0 N–H and O–H groups in total. The molecule has 1 unspecified atom stereocenters. The van der Waals surface area contributed by atoms with Gasteiger partial charge < -0.3 is 4.74 Å². The van der Waals surface area contributed by atoms with E-state index in [9.17, 15) is 4.79 Å². The van der Waals surface area contributed by atoms with Crippen LogP contribution in [-0.2, 0) is 9.53 Å². The second-order valence-electron chi connectivity index (χ2n) is 3.16. The Labute approximate surface area is 78.5 Å². The standard InChI is InChI=1S/C11H14O2/c1-8-4-6-10(7-5-8)9(2)11(12)13-3/h4-7,9H,1-3H3. The van der Waals surface area contributed by atoms with Gasteiger partial charge in [-0.2, -0.15) is 0 Å². The number of rotatable bonds is 2. The van der Waals surface area contributed by atoms with E-state index in [0.29, 0.717) is 0 Å². The minimum atomic E-state index is -0.191. The van der Waals surface area contributed by atoms with E-state index in [0.717, 1.165) is 5.56 Å². The van der Waals surface area contributed by atoms with Gasteiger partial charge in [-0.3, -0.25) is 4.79 Å². The van der Waals surface area contributed by atoms with Crippen molar-refractivity contribution in [3.63, 3.8) is 0 Å². The van der Waals surface area contributed by atoms with Crippen molar-refractivity contribution in [2.45, 2.75) is 19.8 Å². The van der Waals surface area contributed by atoms with Crippen molar-refractivity contribution in [1.29, 1.82) is 0 Å². The fourth-order valence-electron chi connectivity index (χ4n) is 1.17.